The van der Waals surface area contributed by atoms with E-state index < -0.39 is 0 Å². The van der Waals surface area contributed by atoms with E-state index in [1.165, 1.54) is 40.9 Å². The summed E-state index contributed by atoms with van der Waals surface area (Å²) in [4.78, 5) is 5.47. The normalized spacial score (nSPS) is 37.4. The summed E-state index contributed by atoms with van der Waals surface area (Å²) in [5.74, 6) is 2.50. The van der Waals surface area contributed by atoms with E-state index in [-0.39, 0.29) is 0 Å². The fourth-order valence-electron chi connectivity index (χ4n) is 9.41. The predicted octanol–water partition coefficient (Wildman–Crippen LogP) is 9.06. The van der Waals surface area contributed by atoms with Gasteiger partial charge in [0.1, 0.15) is 0 Å². The molecule has 0 saturated carbocycles. The van der Waals surface area contributed by atoms with Crippen LogP contribution in [0.4, 0.5) is 5.69 Å². The molecule has 2 fully saturated rings. The Morgan fingerprint density at radius 1 is 0.614 bits per heavy atom. The maximum absolute atomic E-state index is 2.77. The van der Waals surface area contributed by atoms with E-state index in [2.05, 4.69) is 150 Å². The standard InChI is InChI=1S/C42H42N2/c1-3-11-29(12-4-1)30-19-23-34(24-20-30)44-40-18-10-8-16-36(40)38-28-32(22-26-42(38)44)31-21-25-41-37(27-31)35-15-7-9-17-39(35)43(41)33-13-5-2-6-14-33/h1-9,11,13,15-17,19-20,22-29,31,33,35-36,38-40,42H,10,12,14,18,21H2. The van der Waals surface area contributed by atoms with Crippen molar-refractivity contribution in [1.82, 2.24) is 4.90 Å². The first kappa shape index (κ1) is 26.4. The first-order valence-corrected chi connectivity index (χ1v) is 17.0. The molecule has 2 aliphatic heterocycles. The molecule has 0 radical (unpaired) electrons. The third-order valence-electron chi connectivity index (χ3n) is 11.5. The number of benzene rings is 1. The summed E-state index contributed by atoms with van der Waals surface area (Å²) >= 11 is 0. The zero-order chi connectivity index (χ0) is 29.0. The molecule has 2 heterocycles. The zero-order valence-corrected chi connectivity index (χ0v) is 25.4. The fraction of sp³-hybridized carbons (Fsp3) is 0.333. The molecule has 2 saturated heterocycles. The molecule has 0 aromatic heterocycles. The maximum atomic E-state index is 2.77. The maximum Gasteiger partial charge on any atom is 0.0586 e. The third kappa shape index (κ3) is 4.29. The van der Waals surface area contributed by atoms with E-state index >= 15 is 0 Å². The summed E-state index contributed by atoms with van der Waals surface area (Å²) < 4.78 is 0. The van der Waals surface area contributed by atoms with Gasteiger partial charge in [0, 0.05) is 47.0 Å². The number of anilines is 1. The van der Waals surface area contributed by atoms with Crippen molar-refractivity contribution in [2.24, 2.45) is 23.7 Å². The Morgan fingerprint density at radius 2 is 1.45 bits per heavy atom. The van der Waals surface area contributed by atoms with Crippen molar-refractivity contribution in [3.8, 4) is 0 Å². The molecule has 0 spiro atoms. The van der Waals surface area contributed by atoms with Crippen molar-refractivity contribution < 1.29 is 0 Å². The number of fused-ring (bicyclic) bond motifs is 6. The van der Waals surface area contributed by atoms with Crippen molar-refractivity contribution in [3.63, 3.8) is 0 Å². The molecule has 0 bridgehead atoms. The van der Waals surface area contributed by atoms with Gasteiger partial charge in [-0.15, -0.1) is 0 Å². The third-order valence-corrected chi connectivity index (χ3v) is 11.5. The van der Waals surface area contributed by atoms with Gasteiger partial charge in [-0.25, -0.2) is 0 Å². The van der Waals surface area contributed by atoms with Crippen LogP contribution in [-0.4, -0.2) is 29.1 Å². The van der Waals surface area contributed by atoms with Gasteiger partial charge in [-0.05, 0) is 60.9 Å². The van der Waals surface area contributed by atoms with E-state index in [1.54, 1.807) is 0 Å². The van der Waals surface area contributed by atoms with Crippen LogP contribution >= 0.6 is 0 Å². The van der Waals surface area contributed by atoms with Crippen molar-refractivity contribution >= 4 is 5.69 Å². The Bertz CT molecular complexity index is 1650. The minimum absolute atomic E-state index is 0.422. The lowest BCUT2D eigenvalue weighted by Crippen LogP contribution is -2.38. The second-order valence-electron chi connectivity index (χ2n) is 13.8. The van der Waals surface area contributed by atoms with Crippen molar-refractivity contribution in [2.45, 2.75) is 62.2 Å². The summed E-state index contributed by atoms with van der Waals surface area (Å²) in [7, 11) is 0. The first-order valence-electron chi connectivity index (χ1n) is 17.0. The molecule has 220 valence electrons. The van der Waals surface area contributed by atoms with Gasteiger partial charge in [0.25, 0.3) is 0 Å². The highest BCUT2D eigenvalue weighted by Gasteiger charge is 2.48. The number of nitrogens with zero attached hydrogens (tertiary/aromatic N) is 2. The molecule has 8 aliphatic rings. The minimum atomic E-state index is 0.422. The number of allylic oxidation sites excluding steroid dienone is 14. The number of rotatable bonds is 4. The van der Waals surface area contributed by atoms with Crippen molar-refractivity contribution in [3.05, 3.63) is 162 Å². The second-order valence-corrected chi connectivity index (χ2v) is 13.8. The summed E-state index contributed by atoms with van der Waals surface area (Å²) in [5.41, 5.74) is 7.35. The molecule has 2 nitrogen and oxygen atoms in total. The minimum Gasteiger partial charge on any atom is -0.361 e. The Labute approximate surface area is 262 Å². The van der Waals surface area contributed by atoms with Gasteiger partial charge < -0.3 is 9.80 Å². The SMILES string of the molecule is C1=CCC(c2ccc(N3C4C=CC(C5C=C6C(=CC5)N(C5C=CC=CC5)C5C=CC=CC65)=CC4C4C=CCCC43)cc2)C=C1. The summed E-state index contributed by atoms with van der Waals surface area (Å²) in [6, 6.07) is 11.4. The van der Waals surface area contributed by atoms with Gasteiger partial charge >= 0.3 is 0 Å². The molecule has 9 atom stereocenters. The highest BCUT2D eigenvalue weighted by atomic mass is 15.2. The van der Waals surface area contributed by atoms with Gasteiger partial charge in [-0.2, -0.15) is 0 Å². The van der Waals surface area contributed by atoms with Gasteiger partial charge in [0.15, 0.2) is 0 Å². The quantitative estimate of drug-likeness (QED) is 0.331. The van der Waals surface area contributed by atoms with Gasteiger partial charge in [-0.3, -0.25) is 0 Å². The molecule has 1 aromatic carbocycles. The molecule has 0 amide bonds. The Morgan fingerprint density at radius 3 is 2.30 bits per heavy atom. The zero-order valence-electron chi connectivity index (χ0n) is 25.4. The highest BCUT2D eigenvalue weighted by Crippen LogP contribution is 2.50. The van der Waals surface area contributed by atoms with Crippen molar-refractivity contribution in [2.75, 3.05) is 4.90 Å². The Balaban J connectivity index is 1.00. The Kier molecular flexibility index (Phi) is 6.50. The molecular formula is C42H42N2. The summed E-state index contributed by atoms with van der Waals surface area (Å²) in [6.07, 6.45) is 51.1. The van der Waals surface area contributed by atoms with E-state index in [4.69, 9.17) is 0 Å². The van der Waals surface area contributed by atoms with Gasteiger partial charge in [-0.1, -0.05) is 128 Å². The van der Waals surface area contributed by atoms with Crippen LogP contribution in [0.3, 0.4) is 0 Å². The molecule has 0 N–H and O–H groups in total. The Hall–Kier alpha value is -4.04. The predicted molar refractivity (Wildman–Crippen MR) is 183 cm³/mol. The van der Waals surface area contributed by atoms with Crippen LogP contribution in [0.25, 0.3) is 0 Å². The van der Waals surface area contributed by atoms with E-state index in [0.29, 0.717) is 53.8 Å². The summed E-state index contributed by atoms with van der Waals surface area (Å²) in [5, 5.41) is 0. The lowest BCUT2D eigenvalue weighted by Gasteiger charge is -2.35. The van der Waals surface area contributed by atoms with Crippen LogP contribution in [0.5, 0.6) is 0 Å². The molecule has 44 heavy (non-hydrogen) atoms. The first-order chi connectivity index (χ1) is 21.8. The van der Waals surface area contributed by atoms with Gasteiger partial charge in [0.2, 0.25) is 0 Å². The largest absolute Gasteiger partial charge is 0.361 e. The average molecular weight is 575 g/mol. The van der Waals surface area contributed by atoms with Crippen LogP contribution in [0, 0.1) is 23.7 Å². The average Bonchev–Trinajstić information content (AvgIpc) is 3.61. The van der Waals surface area contributed by atoms with Crippen LogP contribution < -0.4 is 4.90 Å². The summed E-state index contributed by atoms with van der Waals surface area (Å²) in [6.45, 7) is 0. The molecule has 9 unspecified atom stereocenters. The number of hydrogen-bond donors (Lipinski definition) is 0. The van der Waals surface area contributed by atoms with Gasteiger partial charge in [0.05, 0.1) is 18.1 Å². The van der Waals surface area contributed by atoms with E-state index in [9.17, 15) is 0 Å². The van der Waals surface area contributed by atoms with E-state index in [0.717, 1.165) is 19.3 Å². The second kappa shape index (κ2) is 10.8. The van der Waals surface area contributed by atoms with Crippen LogP contribution in [0.15, 0.2) is 157 Å². The lowest BCUT2D eigenvalue weighted by atomic mass is 9.76. The van der Waals surface area contributed by atoms with Crippen LogP contribution in [0.2, 0.25) is 0 Å². The monoisotopic (exact) mass is 574 g/mol. The molecule has 1 aromatic rings. The molecule has 2 heteroatoms. The highest BCUT2D eigenvalue weighted by molar-refractivity contribution is 5.57. The topological polar surface area (TPSA) is 6.48 Å². The van der Waals surface area contributed by atoms with Crippen molar-refractivity contribution in [1.29, 1.82) is 0 Å². The number of likely N-dealkylation sites (tertiary alicyclic amines) is 1. The van der Waals surface area contributed by atoms with E-state index in [1.807, 2.05) is 0 Å². The fourth-order valence-corrected chi connectivity index (χ4v) is 9.41. The molecule has 6 aliphatic carbocycles. The van der Waals surface area contributed by atoms with Crippen LogP contribution in [0.1, 0.15) is 43.6 Å². The van der Waals surface area contributed by atoms with Crippen LogP contribution in [-0.2, 0) is 0 Å². The number of hydrogen-bond acceptors (Lipinski definition) is 2. The molecule has 9 rings (SSSR count). The smallest absolute Gasteiger partial charge is 0.0586 e. The lowest BCUT2D eigenvalue weighted by molar-refractivity contribution is 0.266. The molecular weight excluding hydrogens is 532 g/mol.